The molecule has 118 valence electrons. The largest absolute Gasteiger partial charge is 0.347 e. The molecule has 2 aromatic heterocycles. The van der Waals surface area contributed by atoms with Gasteiger partial charge in [-0.25, -0.2) is 13.8 Å². The fourth-order valence-electron chi connectivity index (χ4n) is 2.52. The van der Waals surface area contributed by atoms with E-state index < -0.39 is 11.6 Å². The molecule has 0 aliphatic carbocycles. The summed E-state index contributed by atoms with van der Waals surface area (Å²) >= 11 is 0. The van der Waals surface area contributed by atoms with E-state index in [-0.39, 0.29) is 12.5 Å². The molecule has 0 spiro atoms. The number of aryl methyl sites for hydroxylation is 2. The maximum Gasteiger partial charge on any atom is 0.270 e. The van der Waals surface area contributed by atoms with E-state index in [9.17, 15) is 13.6 Å². The molecular weight excluding hydrogens is 300 g/mol. The van der Waals surface area contributed by atoms with E-state index >= 15 is 0 Å². The smallest absolute Gasteiger partial charge is 0.270 e. The molecule has 0 bridgehead atoms. The van der Waals surface area contributed by atoms with E-state index in [2.05, 4.69) is 10.3 Å². The van der Waals surface area contributed by atoms with Crippen LogP contribution in [-0.4, -0.2) is 15.3 Å². The van der Waals surface area contributed by atoms with Gasteiger partial charge >= 0.3 is 0 Å². The van der Waals surface area contributed by atoms with Gasteiger partial charge in [-0.1, -0.05) is 6.07 Å². The van der Waals surface area contributed by atoms with Gasteiger partial charge in [-0.15, -0.1) is 0 Å². The van der Waals surface area contributed by atoms with Gasteiger partial charge in [-0.05, 0) is 43.2 Å². The quantitative estimate of drug-likeness (QED) is 0.807. The lowest BCUT2D eigenvalue weighted by Gasteiger charge is -2.07. The summed E-state index contributed by atoms with van der Waals surface area (Å²) in [5.41, 5.74) is 3.05. The van der Waals surface area contributed by atoms with Crippen molar-refractivity contribution in [3.8, 4) is 0 Å². The molecule has 23 heavy (non-hydrogen) atoms. The van der Waals surface area contributed by atoms with Gasteiger partial charge < -0.3 is 5.32 Å². The number of rotatable bonds is 3. The fraction of sp³-hybridized carbons (Fsp3) is 0.176. The first-order valence-corrected chi connectivity index (χ1v) is 7.12. The van der Waals surface area contributed by atoms with Crippen molar-refractivity contribution in [2.24, 2.45) is 0 Å². The zero-order chi connectivity index (χ0) is 16.6. The van der Waals surface area contributed by atoms with Gasteiger partial charge in [0.05, 0.1) is 5.69 Å². The van der Waals surface area contributed by atoms with E-state index in [0.717, 1.165) is 11.6 Å². The number of carbonyl (C=O) groups excluding carboxylic acids is 1. The van der Waals surface area contributed by atoms with Gasteiger partial charge in [0.1, 0.15) is 23.0 Å². The average Bonchev–Trinajstić information content (AvgIpc) is 2.79. The predicted octanol–water partition coefficient (Wildman–Crippen LogP) is 3.16. The number of halogens is 2. The number of hydrogen-bond donors (Lipinski definition) is 1. The molecule has 6 heteroatoms. The Balaban J connectivity index is 1.86. The van der Waals surface area contributed by atoms with Crippen LogP contribution in [0, 0.1) is 25.5 Å². The van der Waals surface area contributed by atoms with Crippen molar-refractivity contribution >= 4 is 11.6 Å². The van der Waals surface area contributed by atoms with Crippen molar-refractivity contribution in [3.05, 3.63) is 70.7 Å². The first-order chi connectivity index (χ1) is 10.9. The van der Waals surface area contributed by atoms with Gasteiger partial charge in [0.25, 0.3) is 5.91 Å². The molecule has 0 fully saturated rings. The van der Waals surface area contributed by atoms with Gasteiger partial charge in [-0.2, -0.15) is 0 Å². The van der Waals surface area contributed by atoms with Crippen LogP contribution in [0.4, 0.5) is 8.78 Å². The van der Waals surface area contributed by atoms with E-state index in [4.69, 9.17) is 0 Å². The summed E-state index contributed by atoms with van der Waals surface area (Å²) in [6.07, 6.45) is 1.83. The molecule has 1 aromatic carbocycles. The fourth-order valence-corrected chi connectivity index (χ4v) is 2.52. The van der Waals surface area contributed by atoms with Gasteiger partial charge in [0.15, 0.2) is 0 Å². The highest BCUT2D eigenvalue weighted by atomic mass is 19.1. The van der Waals surface area contributed by atoms with E-state index in [1.807, 2.05) is 25.3 Å². The number of nitrogens with zero attached hydrogens (tertiary/aromatic N) is 2. The maximum atomic E-state index is 13.2. The number of aromatic nitrogens is 2. The van der Waals surface area contributed by atoms with Crippen LogP contribution in [0.25, 0.3) is 5.65 Å². The number of benzene rings is 1. The highest BCUT2D eigenvalue weighted by Gasteiger charge is 2.16. The zero-order valence-electron chi connectivity index (χ0n) is 12.7. The Morgan fingerprint density at radius 3 is 2.57 bits per heavy atom. The van der Waals surface area contributed by atoms with E-state index in [1.54, 1.807) is 11.3 Å². The van der Waals surface area contributed by atoms with Gasteiger partial charge in [0.2, 0.25) is 0 Å². The van der Waals surface area contributed by atoms with Crippen molar-refractivity contribution in [3.63, 3.8) is 0 Å². The van der Waals surface area contributed by atoms with Crippen LogP contribution in [-0.2, 0) is 6.54 Å². The highest BCUT2D eigenvalue weighted by molar-refractivity contribution is 5.94. The third-order valence-electron chi connectivity index (χ3n) is 3.53. The second-order valence-electron chi connectivity index (χ2n) is 5.44. The molecule has 0 aliphatic heterocycles. The van der Waals surface area contributed by atoms with E-state index in [1.165, 1.54) is 12.1 Å². The summed E-state index contributed by atoms with van der Waals surface area (Å²) in [7, 11) is 0. The molecule has 0 saturated heterocycles. The second kappa shape index (κ2) is 5.79. The first-order valence-electron chi connectivity index (χ1n) is 7.12. The molecule has 4 nitrogen and oxygen atoms in total. The lowest BCUT2D eigenvalue weighted by molar-refractivity contribution is 0.0944. The molecule has 1 N–H and O–H groups in total. The summed E-state index contributed by atoms with van der Waals surface area (Å²) in [5, 5.41) is 2.68. The Kier molecular flexibility index (Phi) is 3.82. The summed E-state index contributed by atoms with van der Waals surface area (Å²) in [5.74, 6) is -1.68. The van der Waals surface area contributed by atoms with Crippen LogP contribution >= 0.6 is 0 Å². The summed E-state index contributed by atoms with van der Waals surface area (Å²) < 4.78 is 28.1. The summed E-state index contributed by atoms with van der Waals surface area (Å²) in [4.78, 5) is 16.8. The number of amides is 1. The van der Waals surface area contributed by atoms with Crippen molar-refractivity contribution in [1.29, 1.82) is 0 Å². The number of hydrogen-bond acceptors (Lipinski definition) is 2. The minimum atomic E-state index is -0.671. The lowest BCUT2D eigenvalue weighted by atomic mass is 10.2. The van der Waals surface area contributed by atoms with Gasteiger partial charge in [-0.3, -0.25) is 9.20 Å². The molecule has 0 unspecified atom stereocenters. The molecule has 3 rings (SSSR count). The number of carbonyl (C=O) groups is 1. The maximum absolute atomic E-state index is 13.2. The third-order valence-corrected chi connectivity index (χ3v) is 3.53. The highest BCUT2D eigenvalue weighted by Crippen LogP contribution is 2.14. The Morgan fingerprint density at radius 2 is 1.87 bits per heavy atom. The van der Waals surface area contributed by atoms with Crippen LogP contribution < -0.4 is 5.32 Å². The topological polar surface area (TPSA) is 46.4 Å². The van der Waals surface area contributed by atoms with Crippen molar-refractivity contribution in [1.82, 2.24) is 14.7 Å². The summed E-state index contributed by atoms with van der Waals surface area (Å²) in [6.45, 7) is 3.71. The van der Waals surface area contributed by atoms with E-state index in [0.29, 0.717) is 22.6 Å². The van der Waals surface area contributed by atoms with Crippen molar-refractivity contribution in [2.45, 2.75) is 20.4 Å². The molecule has 0 aliphatic rings. The molecular formula is C17H15F2N3O. The third kappa shape index (κ3) is 3.06. The molecule has 0 radical (unpaired) electrons. The first kappa shape index (κ1) is 15.1. The van der Waals surface area contributed by atoms with Crippen molar-refractivity contribution < 1.29 is 13.6 Å². The van der Waals surface area contributed by atoms with Crippen LogP contribution in [0.15, 0.2) is 36.5 Å². The Bertz CT molecular complexity index is 882. The molecule has 1 amide bonds. The normalized spacial score (nSPS) is 11.0. The Hall–Kier alpha value is -2.76. The van der Waals surface area contributed by atoms with Crippen molar-refractivity contribution in [2.75, 3.05) is 0 Å². The second-order valence-corrected chi connectivity index (χ2v) is 5.44. The van der Waals surface area contributed by atoms with Crippen LogP contribution in [0.2, 0.25) is 0 Å². The van der Waals surface area contributed by atoms with Crippen LogP contribution in [0.1, 0.15) is 27.3 Å². The minimum Gasteiger partial charge on any atom is -0.347 e. The summed E-state index contributed by atoms with van der Waals surface area (Å²) in [6, 6.07) is 6.92. The predicted molar refractivity (Wildman–Crippen MR) is 82.2 cm³/mol. The van der Waals surface area contributed by atoms with Crippen LogP contribution in [0.5, 0.6) is 0 Å². The lowest BCUT2D eigenvalue weighted by Crippen LogP contribution is -2.25. The number of pyridine rings is 1. The number of nitrogens with one attached hydrogen (secondary N) is 1. The molecule has 0 atom stereocenters. The SMILES string of the molecule is Cc1ccc2nc(C)c(C(=O)NCc3cc(F)cc(F)c3)n2c1. The Morgan fingerprint density at radius 1 is 1.17 bits per heavy atom. The zero-order valence-corrected chi connectivity index (χ0v) is 12.7. The minimum absolute atomic E-state index is 0.0337. The number of fused-ring (bicyclic) bond motifs is 1. The monoisotopic (exact) mass is 315 g/mol. The molecule has 2 heterocycles. The van der Waals surface area contributed by atoms with Gasteiger partial charge in [0, 0.05) is 18.8 Å². The van der Waals surface area contributed by atoms with Crippen LogP contribution in [0.3, 0.4) is 0 Å². The standard InChI is InChI=1S/C17H15F2N3O/c1-10-3-4-15-21-11(2)16(22(15)9-10)17(23)20-8-12-5-13(18)7-14(19)6-12/h3-7,9H,8H2,1-2H3,(H,20,23). The number of imidazole rings is 1. The Labute approximate surface area is 131 Å². The molecule has 0 saturated carbocycles. The average molecular weight is 315 g/mol. The molecule has 3 aromatic rings.